The molecule has 0 aromatic heterocycles. The zero-order valence-electron chi connectivity index (χ0n) is 9.40. The van der Waals surface area contributed by atoms with Crippen molar-refractivity contribution in [2.45, 2.75) is 25.3 Å². The fourth-order valence-corrected chi connectivity index (χ4v) is 2.69. The van der Waals surface area contributed by atoms with Crippen LogP contribution in [0.2, 0.25) is 0 Å². The van der Waals surface area contributed by atoms with Gasteiger partial charge in [0.1, 0.15) is 0 Å². The smallest absolute Gasteiger partial charge is 0.0443 e. The number of aliphatic hydroxyl groups is 1. The predicted octanol–water partition coefficient (Wildman–Crippen LogP) is 2.97. The Morgan fingerprint density at radius 1 is 1.31 bits per heavy atom. The molecule has 1 aromatic rings. The Balaban J connectivity index is 2.04. The molecule has 0 saturated carbocycles. The van der Waals surface area contributed by atoms with Crippen molar-refractivity contribution < 1.29 is 5.11 Å². The molecule has 0 amide bonds. The number of likely N-dealkylation sites (tertiary alicyclic amines) is 1. The molecule has 16 heavy (non-hydrogen) atoms. The highest BCUT2D eigenvalue weighted by atomic mass is 79.9. The van der Waals surface area contributed by atoms with E-state index in [1.54, 1.807) is 0 Å². The van der Waals surface area contributed by atoms with E-state index in [4.69, 9.17) is 5.11 Å². The molecule has 0 radical (unpaired) electrons. The first kappa shape index (κ1) is 12.1. The number of benzene rings is 1. The monoisotopic (exact) mass is 283 g/mol. The first-order valence-electron chi connectivity index (χ1n) is 5.91. The second-order valence-corrected chi connectivity index (χ2v) is 5.24. The van der Waals surface area contributed by atoms with Gasteiger partial charge in [0.15, 0.2) is 0 Å². The van der Waals surface area contributed by atoms with Crippen LogP contribution in [0.1, 0.15) is 30.9 Å². The van der Waals surface area contributed by atoms with Crippen molar-refractivity contribution in [2.24, 2.45) is 0 Å². The van der Waals surface area contributed by atoms with E-state index in [0.29, 0.717) is 12.6 Å². The lowest BCUT2D eigenvalue weighted by atomic mass is 10.0. The van der Waals surface area contributed by atoms with E-state index in [0.717, 1.165) is 17.4 Å². The number of hydrogen-bond acceptors (Lipinski definition) is 2. The fraction of sp³-hybridized carbons (Fsp3) is 0.538. The molecular weight excluding hydrogens is 266 g/mol. The lowest BCUT2D eigenvalue weighted by Crippen LogP contribution is -2.25. The van der Waals surface area contributed by atoms with Gasteiger partial charge in [0.25, 0.3) is 0 Å². The molecule has 1 heterocycles. The fourth-order valence-electron chi connectivity index (χ4n) is 2.43. The molecule has 1 aromatic carbocycles. The van der Waals surface area contributed by atoms with Gasteiger partial charge in [0, 0.05) is 23.7 Å². The van der Waals surface area contributed by atoms with E-state index in [1.807, 2.05) is 0 Å². The summed E-state index contributed by atoms with van der Waals surface area (Å²) in [5, 5.41) is 8.89. The molecule has 1 aliphatic rings. The molecule has 0 aliphatic carbocycles. The molecule has 1 aliphatic heterocycles. The summed E-state index contributed by atoms with van der Waals surface area (Å²) in [6.45, 7) is 2.47. The maximum Gasteiger partial charge on any atom is 0.0443 e. The summed E-state index contributed by atoms with van der Waals surface area (Å²) in [7, 11) is 0. The van der Waals surface area contributed by atoms with Crippen LogP contribution in [-0.2, 0) is 0 Å². The second kappa shape index (κ2) is 5.80. The summed E-state index contributed by atoms with van der Waals surface area (Å²) in [6.07, 6.45) is 3.40. The summed E-state index contributed by atoms with van der Waals surface area (Å²) >= 11 is 3.46. The summed E-state index contributed by atoms with van der Waals surface area (Å²) in [5.41, 5.74) is 1.40. The lowest BCUT2D eigenvalue weighted by molar-refractivity contribution is 0.214. The van der Waals surface area contributed by atoms with Crippen molar-refractivity contribution in [3.8, 4) is 0 Å². The van der Waals surface area contributed by atoms with E-state index < -0.39 is 0 Å². The molecule has 0 bridgehead atoms. The molecular formula is C13H18BrNO. The van der Waals surface area contributed by atoms with Crippen molar-refractivity contribution >= 4 is 15.9 Å². The van der Waals surface area contributed by atoms with Crippen LogP contribution in [0.25, 0.3) is 0 Å². The van der Waals surface area contributed by atoms with Crippen LogP contribution in [-0.4, -0.2) is 29.7 Å². The zero-order valence-corrected chi connectivity index (χ0v) is 11.0. The average molecular weight is 284 g/mol. The number of nitrogens with zero attached hydrogens (tertiary/aromatic N) is 1. The molecule has 1 fully saturated rings. The molecule has 1 unspecified atom stereocenters. The number of aliphatic hydroxyl groups excluding tert-OH is 1. The Kier molecular flexibility index (Phi) is 4.38. The van der Waals surface area contributed by atoms with Crippen molar-refractivity contribution in [2.75, 3.05) is 19.7 Å². The van der Waals surface area contributed by atoms with Gasteiger partial charge in [-0.05, 0) is 43.5 Å². The Morgan fingerprint density at radius 3 is 2.75 bits per heavy atom. The van der Waals surface area contributed by atoms with Crippen LogP contribution in [0.3, 0.4) is 0 Å². The topological polar surface area (TPSA) is 23.5 Å². The Bertz CT molecular complexity index is 325. The summed E-state index contributed by atoms with van der Waals surface area (Å²) < 4.78 is 1.14. The molecule has 88 valence electrons. The summed E-state index contributed by atoms with van der Waals surface area (Å²) in [4.78, 5) is 2.49. The van der Waals surface area contributed by atoms with Gasteiger partial charge in [-0.1, -0.05) is 28.1 Å². The van der Waals surface area contributed by atoms with Crippen molar-refractivity contribution in [1.82, 2.24) is 4.90 Å². The zero-order chi connectivity index (χ0) is 11.4. The molecule has 0 spiro atoms. The first-order chi connectivity index (χ1) is 7.81. The second-order valence-electron chi connectivity index (χ2n) is 4.32. The van der Waals surface area contributed by atoms with Crippen LogP contribution in [0.15, 0.2) is 28.7 Å². The number of hydrogen-bond donors (Lipinski definition) is 1. The van der Waals surface area contributed by atoms with Gasteiger partial charge >= 0.3 is 0 Å². The highest BCUT2D eigenvalue weighted by molar-refractivity contribution is 9.10. The number of rotatable bonds is 4. The number of halogens is 1. The van der Waals surface area contributed by atoms with E-state index in [9.17, 15) is 0 Å². The molecule has 1 atom stereocenters. The van der Waals surface area contributed by atoms with Crippen LogP contribution in [0.4, 0.5) is 0 Å². The third kappa shape index (κ3) is 2.84. The van der Waals surface area contributed by atoms with Crippen molar-refractivity contribution in [1.29, 1.82) is 0 Å². The van der Waals surface area contributed by atoms with E-state index in [-0.39, 0.29) is 0 Å². The van der Waals surface area contributed by atoms with Gasteiger partial charge in [-0.2, -0.15) is 0 Å². The Labute approximate surface area is 105 Å². The lowest BCUT2D eigenvalue weighted by Gasteiger charge is -2.24. The maximum absolute atomic E-state index is 8.89. The Morgan fingerprint density at radius 2 is 2.06 bits per heavy atom. The Hall–Kier alpha value is -0.380. The standard InChI is InChI=1S/C13H18BrNO/c14-12-6-4-11(5-7-12)13-3-1-8-15(13)9-2-10-16/h4-7,13,16H,1-3,8-10H2. The van der Waals surface area contributed by atoms with Gasteiger partial charge < -0.3 is 5.11 Å². The van der Waals surface area contributed by atoms with Crippen LogP contribution < -0.4 is 0 Å². The van der Waals surface area contributed by atoms with E-state index in [1.165, 1.54) is 24.9 Å². The molecule has 1 N–H and O–H groups in total. The minimum atomic E-state index is 0.295. The predicted molar refractivity (Wildman–Crippen MR) is 69.4 cm³/mol. The van der Waals surface area contributed by atoms with Crippen LogP contribution in [0.5, 0.6) is 0 Å². The molecule has 3 heteroatoms. The average Bonchev–Trinajstić information content (AvgIpc) is 2.75. The van der Waals surface area contributed by atoms with Crippen LogP contribution in [0, 0.1) is 0 Å². The van der Waals surface area contributed by atoms with E-state index >= 15 is 0 Å². The van der Waals surface area contributed by atoms with Gasteiger partial charge in [-0.3, -0.25) is 4.90 Å². The quantitative estimate of drug-likeness (QED) is 0.919. The third-order valence-electron chi connectivity index (χ3n) is 3.22. The SMILES string of the molecule is OCCCN1CCCC1c1ccc(Br)cc1. The normalized spacial score (nSPS) is 21.5. The molecule has 1 saturated heterocycles. The minimum absolute atomic E-state index is 0.295. The van der Waals surface area contributed by atoms with Crippen LogP contribution >= 0.6 is 15.9 Å². The summed E-state index contributed by atoms with van der Waals surface area (Å²) in [6, 6.07) is 9.17. The van der Waals surface area contributed by atoms with Gasteiger partial charge in [0.05, 0.1) is 0 Å². The largest absolute Gasteiger partial charge is 0.396 e. The highest BCUT2D eigenvalue weighted by Gasteiger charge is 2.24. The summed E-state index contributed by atoms with van der Waals surface area (Å²) in [5.74, 6) is 0. The van der Waals surface area contributed by atoms with Crippen molar-refractivity contribution in [3.63, 3.8) is 0 Å². The van der Waals surface area contributed by atoms with Gasteiger partial charge in [-0.25, -0.2) is 0 Å². The van der Waals surface area contributed by atoms with Gasteiger partial charge in [0.2, 0.25) is 0 Å². The molecule has 2 rings (SSSR count). The maximum atomic E-state index is 8.89. The highest BCUT2D eigenvalue weighted by Crippen LogP contribution is 2.32. The molecule has 2 nitrogen and oxygen atoms in total. The third-order valence-corrected chi connectivity index (χ3v) is 3.75. The van der Waals surface area contributed by atoms with Crippen molar-refractivity contribution in [3.05, 3.63) is 34.3 Å². The van der Waals surface area contributed by atoms with Gasteiger partial charge in [-0.15, -0.1) is 0 Å². The van der Waals surface area contributed by atoms with E-state index in [2.05, 4.69) is 45.1 Å². The minimum Gasteiger partial charge on any atom is -0.396 e. The first-order valence-corrected chi connectivity index (χ1v) is 6.71.